The van der Waals surface area contributed by atoms with Crippen molar-refractivity contribution in [2.75, 3.05) is 0 Å². The maximum Gasteiger partial charge on any atom is 0.413 e. The van der Waals surface area contributed by atoms with Crippen molar-refractivity contribution >= 4 is 0 Å². The zero-order chi connectivity index (χ0) is 14.9. The van der Waals surface area contributed by atoms with Crippen LogP contribution in [0.3, 0.4) is 0 Å². The summed E-state index contributed by atoms with van der Waals surface area (Å²) in [5.41, 5.74) is -1.41. The van der Waals surface area contributed by atoms with Crippen LogP contribution in [0.15, 0.2) is 29.7 Å². The summed E-state index contributed by atoms with van der Waals surface area (Å²) in [6.45, 7) is 1.67. The van der Waals surface area contributed by atoms with Gasteiger partial charge in [0.25, 0.3) is 0 Å². The summed E-state index contributed by atoms with van der Waals surface area (Å²) in [6, 6.07) is -2.19. The molecular formula is C12H12F3N3O2. The van der Waals surface area contributed by atoms with Crippen LogP contribution in [0.2, 0.25) is 0 Å². The van der Waals surface area contributed by atoms with Crippen LogP contribution in [0, 0.1) is 0 Å². The molecule has 2 aromatic rings. The average Bonchev–Trinajstić information content (AvgIpc) is 2.87. The SMILES string of the molecule is CCc1[nH]cc(C(n2ccnc2)C(F)(F)F)c(=O)c1O. The van der Waals surface area contributed by atoms with Gasteiger partial charge in [-0.3, -0.25) is 4.79 Å². The Bertz CT molecular complexity index is 647. The highest BCUT2D eigenvalue weighted by atomic mass is 19.4. The summed E-state index contributed by atoms with van der Waals surface area (Å²) >= 11 is 0. The molecule has 1 atom stereocenters. The Labute approximate surface area is 111 Å². The molecule has 2 N–H and O–H groups in total. The number of rotatable bonds is 3. The molecule has 0 saturated heterocycles. The fourth-order valence-corrected chi connectivity index (χ4v) is 1.97. The first-order valence-electron chi connectivity index (χ1n) is 5.83. The predicted molar refractivity (Wildman–Crippen MR) is 64.5 cm³/mol. The van der Waals surface area contributed by atoms with Gasteiger partial charge in [-0.2, -0.15) is 13.2 Å². The van der Waals surface area contributed by atoms with Crippen molar-refractivity contribution in [2.45, 2.75) is 25.6 Å². The topological polar surface area (TPSA) is 70.9 Å². The monoisotopic (exact) mass is 287 g/mol. The van der Waals surface area contributed by atoms with E-state index in [2.05, 4.69) is 9.97 Å². The minimum Gasteiger partial charge on any atom is -0.503 e. The van der Waals surface area contributed by atoms with Crippen LogP contribution in [-0.2, 0) is 6.42 Å². The number of aromatic amines is 1. The largest absolute Gasteiger partial charge is 0.503 e. The quantitative estimate of drug-likeness (QED) is 0.907. The normalized spacial score (nSPS) is 13.4. The lowest BCUT2D eigenvalue weighted by Gasteiger charge is -2.21. The van der Waals surface area contributed by atoms with E-state index in [4.69, 9.17) is 0 Å². The second kappa shape index (κ2) is 5.03. The number of aromatic nitrogens is 3. The van der Waals surface area contributed by atoms with E-state index in [1.54, 1.807) is 6.92 Å². The maximum atomic E-state index is 13.2. The fraction of sp³-hybridized carbons (Fsp3) is 0.333. The van der Waals surface area contributed by atoms with Gasteiger partial charge in [0.05, 0.1) is 17.6 Å². The van der Waals surface area contributed by atoms with Crippen molar-refractivity contribution in [3.63, 3.8) is 0 Å². The van der Waals surface area contributed by atoms with E-state index in [1.165, 1.54) is 6.20 Å². The van der Waals surface area contributed by atoms with Crippen LogP contribution in [0.25, 0.3) is 0 Å². The molecule has 0 aliphatic heterocycles. The molecule has 0 amide bonds. The van der Waals surface area contributed by atoms with Crippen LogP contribution >= 0.6 is 0 Å². The van der Waals surface area contributed by atoms with Crippen molar-refractivity contribution in [1.82, 2.24) is 14.5 Å². The Morgan fingerprint density at radius 1 is 1.50 bits per heavy atom. The molecule has 0 spiro atoms. The lowest BCUT2D eigenvalue weighted by molar-refractivity contribution is -0.157. The number of imidazole rings is 1. The first kappa shape index (κ1) is 14.2. The molecule has 2 heterocycles. The van der Waals surface area contributed by atoms with Crippen LogP contribution in [0.5, 0.6) is 5.75 Å². The number of pyridine rings is 1. The standard InChI is InChI=1S/C12H12F3N3O2/c1-2-8-10(20)9(19)7(5-17-8)11(12(13,14)15)18-4-3-16-6-18/h3-6,11,20H,2H2,1H3,(H,17,19). The zero-order valence-corrected chi connectivity index (χ0v) is 10.5. The van der Waals surface area contributed by atoms with Gasteiger partial charge in [0.15, 0.2) is 11.8 Å². The van der Waals surface area contributed by atoms with Gasteiger partial charge < -0.3 is 14.7 Å². The number of halogens is 3. The van der Waals surface area contributed by atoms with Gasteiger partial charge in [-0.25, -0.2) is 4.98 Å². The fourth-order valence-electron chi connectivity index (χ4n) is 1.97. The van der Waals surface area contributed by atoms with E-state index in [0.29, 0.717) is 6.42 Å². The van der Waals surface area contributed by atoms with E-state index in [1.807, 2.05) is 0 Å². The molecule has 0 bridgehead atoms. The minimum atomic E-state index is -4.69. The molecule has 0 aliphatic rings. The Hall–Kier alpha value is -2.25. The van der Waals surface area contributed by atoms with Gasteiger partial charge in [-0.15, -0.1) is 0 Å². The number of hydrogen-bond donors (Lipinski definition) is 2. The molecule has 108 valence electrons. The van der Waals surface area contributed by atoms with Gasteiger partial charge in [0, 0.05) is 18.6 Å². The number of hydrogen-bond acceptors (Lipinski definition) is 3. The van der Waals surface area contributed by atoms with Crippen LogP contribution in [0.4, 0.5) is 13.2 Å². The molecular weight excluding hydrogens is 275 g/mol. The summed E-state index contributed by atoms with van der Waals surface area (Å²) in [6.07, 6.45) is -0.117. The third-order valence-electron chi connectivity index (χ3n) is 2.95. The lowest BCUT2D eigenvalue weighted by atomic mass is 10.1. The summed E-state index contributed by atoms with van der Waals surface area (Å²) in [7, 11) is 0. The molecule has 0 radical (unpaired) electrons. The summed E-state index contributed by atoms with van der Waals surface area (Å²) in [5, 5.41) is 9.65. The second-order valence-electron chi connectivity index (χ2n) is 4.21. The summed E-state index contributed by atoms with van der Waals surface area (Å²) < 4.78 is 40.3. The van der Waals surface area contributed by atoms with Gasteiger partial charge in [0.1, 0.15) is 0 Å². The number of aryl methyl sites for hydroxylation is 1. The highest BCUT2D eigenvalue weighted by molar-refractivity contribution is 5.33. The Morgan fingerprint density at radius 3 is 2.70 bits per heavy atom. The molecule has 1 unspecified atom stereocenters. The van der Waals surface area contributed by atoms with E-state index in [0.717, 1.165) is 23.3 Å². The summed E-state index contributed by atoms with van der Waals surface area (Å²) in [5.74, 6) is -0.681. The molecule has 5 nitrogen and oxygen atoms in total. The molecule has 0 aromatic carbocycles. The Morgan fingerprint density at radius 2 is 2.20 bits per heavy atom. The van der Waals surface area contributed by atoms with Crippen molar-refractivity contribution < 1.29 is 18.3 Å². The van der Waals surface area contributed by atoms with Crippen LogP contribution in [0.1, 0.15) is 24.2 Å². The lowest BCUT2D eigenvalue weighted by Crippen LogP contribution is -2.31. The number of H-pyrrole nitrogens is 1. The molecule has 0 aliphatic carbocycles. The highest BCUT2D eigenvalue weighted by Crippen LogP contribution is 2.35. The van der Waals surface area contributed by atoms with Gasteiger partial charge in [-0.05, 0) is 6.42 Å². The van der Waals surface area contributed by atoms with Crippen molar-refractivity contribution in [2.24, 2.45) is 0 Å². The third kappa shape index (κ3) is 2.40. The Kier molecular flexibility index (Phi) is 3.56. The van der Waals surface area contributed by atoms with Crippen molar-refractivity contribution in [3.05, 3.63) is 46.4 Å². The Balaban J connectivity index is 2.63. The predicted octanol–water partition coefficient (Wildman–Crippen LogP) is 1.99. The number of nitrogens with zero attached hydrogens (tertiary/aromatic N) is 2. The smallest absolute Gasteiger partial charge is 0.413 e. The average molecular weight is 287 g/mol. The maximum absolute atomic E-state index is 13.2. The first-order valence-corrected chi connectivity index (χ1v) is 5.83. The van der Waals surface area contributed by atoms with E-state index >= 15 is 0 Å². The molecule has 2 rings (SSSR count). The molecule has 0 fully saturated rings. The van der Waals surface area contributed by atoms with Gasteiger partial charge >= 0.3 is 6.18 Å². The van der Waals surface area contributed by atoms with Crippen molar-refractivity contribution in [1.29, 1.82) is 0 Å². The molecule has 0 saturated carbocycles. The van der Waals surface area contributed by atoms with E-state index in [9.17, 15) is 23.1 Å². The van der Waals surface area contributed by atoms with Gasteiger partial charge in [0.2, 0.25) is 5.43 Å². The van der Waals surface area contributed by atoms with Gasteiger partial charge in [-0.1, -0.05) is 6.92 Å². The number of aromatic hydroxyl groups is 1. The third-order valence-corrected chi connectivity index (χ3v) is 2.95. The molecule has 8 heteroatoms. The molecule has 20 heavy (non-hydrogen) atoms. The number of nitrogens with one attached hydrogen (secondary N) is 1. The summed E-state index contributed by atoms with van der Waals surface area (Å²) in [4.78, 5) is 18.0. The van der Waals surface area contributed by atoms with E-state index < -0.39 is 29.0 Å². The first-order chi connectivity index (χ1) is 9.36. The van der Waals surface area contributed by atoms with E-state index in [-0.39, 0.29) is 5.69 Å². The molecule has 2 aromatic heterocycles. The highest BCUT2D eigenvalue weighted by Gasteiger charge is 2.43. The second-order valence-corrected chi connectivity index (χ2v) is 4.21. The van der Waals surface area contributed by atoms with Crippen LogP contribution < -0.4 is 5.43 Å². The van der Waals surface area contributed by atoms with Crippen LogP contribution in [-0.4, -0.2) is 25.8 Å². The number of alkyl halides is 3. The van der Waals surface area contributed by atoms with Crippen molar-refractivity contribution in [3.8, 4) is 5.75 Å². The minimum absolute atomic E-state index is 0.199. The zero-order valence-electron chi connectivity index (χ0n) is 10.5.